The van der Waals surface area contributed by atoms with E-state index in [1.54, 1.807) is 25.3 Å². The summed E-state index contributed by atoms with van der Waals surface area (Å²) in [4.78, 5) is 23.8. The Hall–Kier alpha value is -3.22. The first-order valence-corrected chi connectivity index (χ1v) is 8.38. The molecule has 0 bridgehead atoms. The first-order chi connectivity index (χ1) is 12.8. The fourth-order valence-electron chi connectivity index (χ4n) is 2.50. The monoisotopic (exact) mass is 373 g/mol. The van der Waals surface area contributed by atoms with Crippen molar-refractivity contribution in [3.63, 3.8) is 0 Å². The van der Waals surface area contributed by atoms with Crippen molar-refractivity contribution in [1.82, 2.24) is 0 Å². The first kappa shape index (κ1) is 20.1. The Morgan fingerprint density at radius 2 is 1.74 bits per heavy atom. The normalized spacial score (nSPS) is 10.4. The molecular formula is C20H23NO6. The van der Waals surface area contributed by atoms with Crippen molar-refractivity contribution in [2.45, 2.75) is 26.4 Å². The maximum atomic E-state index is 12.6. The highest BCUT2D eigenvalue weighted by molar-refractivity contribution is 5.96. The molecule has 2 N–H and O–H groups in total. The van der Waals surface area contributed by atoms with E-state index >= 15 is 0 Å². The highest BCUT2D eigenvalue weighted by Gasteiger charge is 2.15. The molecule has 0 spiro atoms. The van der Waals surface area contributed by atoms with Gasteiger partial charge in [-0.2, -0.15) is 0 Å². The van der Waals surface area contributed by atoms with Crippen molar-refractivity contribution in [2.75, 3.05) is 19.5 Å². The maximum absolute atomic E-state index is 12.6. The van der Waals surface area contributed by atoms with Crippen LogP contribution in [0.1, 0.15) is 29.8 Å². The summed E-state index contributed by atoms with van der Waals surface area (Å²) < 4.78 is 16.1. The molecule has 2 aromatic rings. The standard InChI is InChI=1S/C20H23NO6/c1-12(2)27-18-7-5-13(20(23)24)10-16(18)21-19(22)11-14-9-15(25-3)6-8-17(14)26-4/h5-10,12H,11H2,1-4H3,(H,21,22)(H,23,24). The second kappa shape index (κ2) is 8.93. The van der Waals surface area contributed by atoms with E-state index in [0.717, 1.165) is 0 Å². The summed E-state index contributed by atoms with van der Waals surface area (Å²) in [5.41, 5.74) is 1.01. The molecule has 144 valence electrons. The van der Waals surface area contributed by atoms with E-state index in [-0.39, 0.29) is 24.0 Å². The summed E-state index contributed by atoms with van der Waals surface area (Å²) >= 11 is 0. The lowest BCUT2D eigenvalue weighted by atomic mass is 10.1. The van der Waals surface area contributed by atoms with Crippen molar-refractivity contribution in [3.05, 3.63) is 47.5 Å². The molecule has 0 radical (unpaired) electrons. The molecule has 1 amide bonds. The highest BCUT2D eigenvalue weighted by atomic mass is 16.5. The van der Waals surface area contributed by atoms with Gasteiger partial charge in [0.25, 0.3) is 0 Å². The molecule has 0 saturated carbocycles. The zero-order valence-electron chi connectivity index (χ0n) is 15.7. The number of carboxylic acids is 1. The minimum atomic E-state index is -1.09. The van der Waals surface area contributed by atoms with E-state index in [2.05, 4.69) is 5.32 Å². The van der Waals surface area contributed by atoms with Crippen LogP contribution >= 0.6 is 0 Å². The molecular weight excluding hydrogens is 350 g/mol. The van der Waals surface area contributed by atoms with Gasteiger partial charge in [0.15, 0.2) is 0 Å². The van der Waals surface area contributed by atoms with Crippen LogP contribution in [0.4, 0.5) is 5.69 Å². The van der Waals surface area contributed by atoms with Crippen molar-refractivity contribution < 1.29 is 28.9 Å². The molecule has 0 unspecified atom stereocenters. The minimum Gasteiger partial charge on any atom is -0.497 e. The Bertz CT molecular complexity index is 831. The molecule has 0 aliphatic rings. The third kappa shape index (κ3) is 5.37. The zero-order chi connectivity index (χ0) is 20.0. The molecule has 0 fully saturated rings. The number of benzene rings is 2. The predicted octanol–water partition coefficient (Wildman–Crippen LogP) is 3.37. The summed E-state index contributed by atoms with van der Waals surface area (Å²) in [6, 6.07) is 9.52. The first-order valence-electron chi connectivity index (χ1n) is 8.38. The fraction of sp³-hybridized carbons (Fsp3) is 0.300. The average Bonchev–Trinajstić information content (AvgIpc) is 2.62. The van der Waals surface area contributed by atoms with Crippen molar-refractivity contribution in [1.29, 1.82) is 0 Å². The number of amides is 1. The molecule has 0 aliphatic heterocycles. The van der Waals surface area contributed by atoms with E-state index < -0.39 is 5.97 Å². The fourth-order valence-corrected chi connectivity index (χ4v) is 2.50. The van der Waals surface area contributed by atoms with Gasteiger partial charge in [0.2, 0.25) is 5.91 Å². The summed E-state index contributed by atoms with van der Waals surface area (Å²) in [7, 11) is 3.06. The van der Waals surface area contributed by atoms with Gasteiger partial charge in [0.1, 0.15) is 17.2 Å². The van der Waals surface area contributed by atoms with Crippen LogP contribution in [0.25, 0.3) is 0 Å². The Morgan fingerprint density at radius 3 is 2.33 bits per heavy atom. The number of aromatic carboxylic acids is 1. The van der Waals surface area contributed by atoms with E-state index in [9.17, 15) is 14.7 Å². The molecule has 7 nitrogen and oxygen atoms in total. The van der Waals surface area contributed by atoms with Gasteiger partial charge in [-0.1, -0.05) is 0 Å². The Labute approximate surface area is 157 Å². The molecule has 0 aliphatic carbocycles. The topological polar surface area (TPSA) is 94.1 Å². The van der Waals surface area contributed by atoms with Crippen LogP contribution in [0.15, 0.2) is 36.4 Å². The molecule has 7 heteroatoms. The molecule has 0 atom stereocenters. The lowest BCUT2D eigenvalue weighted by Gasteiger charge is -2.16. The van der Waals surface area contributed by atoms with Crippen LogP contribution in [0.3, 0.4) is 0 Å². The third-order valence-corrected chi connectivity index (χ3v) is 3.70. The zero-order valence-corrected chi connectivity index (χ0v) is 15.7. The van der Waals surface area contributed by atoms with Crippen molar-refractivity contribution in [3.8, 4) is 17.2 Å². The minimum absolute atomic E-state index is 0.0266. The number of carbonyl (C=O) groups is 2. The Balaban J connectivity index is 2.26. The highest BCUT2D eigenvalue weighted by Crippen LogP contribution is 2.28. The SMILES string of the molecule is COc1ccc(OC)c(CC(=O)Nc2cc(C(=O)O)ccc2OC(C)C)c1. The predicted molar refractivity (Wildman–Crippen MR) is 101 cm³/mol. The van der Waals surface area contributed by atoms with Gasteiger partial charge in [0, 0.05) is 5.56 Å². The van der Waals surface area contributed by atoms with Gasteiger partial charge >= 0.3 is 5.97 Å². The van der Waals surface area contributed by atoms with Crippen LogP contribution in [0, 0.1) is 0 Å². The number of rotatable bonds is 8. The average molecular weight is 373 g/mol. The number of anilines is 1. The van der Waals surface area contributed by atoms with Gasteiger partial charge in [-0.3, -0.25) is 4.79 Å². The molecule has 0 aromatic heterocycles. The van der Waals surface area contributed by atoms with Gasteiger partial charge in [-0.25, -0.2) is 4.79 Å². The van der Waals surface area contributed by atoms with E-state index in [1.807, 2.05) is 13.8 Å². The van der Waals surface area contributed by atoms with Gasteiger partial charge < -0.3 is 24.6 Å². The van der Waals surface area contributed by atoms with Crippen molar-refractivity contribution in [2.24, 2.45) is 0 Å². The quantitative estimate of drug-likeness (QED) is 0.737. The maximum Gasteiger partial charge on any atom is 0.335 e. The lowest BCUT2D eigenvalue weighted by molar-refractivity contribution is -0.115. The lowest BCUT2D eigenvalue weighted by Crippen LogP contribution is -2.17. The number of hydrogen-bond donors (Lipinski definition) is 2. The molecule has 27 heavy (non-hydrogen) atoms. The number of carbonyl (C=O) groups excluding carboxylic acids is 1. The van der Waals surface area contributed by atoms with Gasteiger partial charge in [-0.05, 0) is 50.2 Å². The number of hydrogen-bond acceptors (Lipinski definition) is 5. The molecule has 0 heterocycles. The second-order valence-corrected chi connectivity index (χ2v) is 6.09. The number of ether oxygens (including phenoxy) is 3. The number of methoxy groups -OCH3 is 2. The van der Waals surface area contributed by atoms with E-state index in [0.29, 0.717) is 28.5 Å². The summed E-state index contributed by atoms with van der Waals surface area (Å²) in [5.74, 6) is 0.147. The molecule has 2 rings (SSSR count). The second-order valence-electron chi connectivity index (χ2n) is 6.09. The van der Waals surface area contributed by atoms with Crippen LogP contribution in [0.2, 0.25) is 0 Å². The van der Waals surface area contributed by atoms with E-state index in [1.165, 1.54) is 25.3 Å². The van der Waals surface area contributed by atoms with E-state index in [4.69, 9.17) is 14.2 Å². The van der Waals surface area contributed by atoms with Gasteiger partial charge in [-0.15, -0.1) is 0 Å². The third-order valence-electron chi connectivity index (χ3n) is 3.70. The van der Waals surface area contributed by atoms with Gasteiger partial charge in [0.05, 0.1) is 38.0 Å². The Kier molecular flexibility index (Phi) is 6.65. The largest absolute Gasteiger partial charge is 0.497 e. The molecule has 2 aromatic carbocycles. The summed E-state index contributed by atoms with van der Waals surface area (Å²) in [6.07, 6.45) is -0.103. The van der Waals surface area contributed by atoms with Crippen LogP contribution in [-0.2, 0) is 11.2 Å². The number of carboxylic acid groups (broad SMARTS) is 1. The van der Waals surface area contributed by atoms with Crippen LogP contribution in [0.5, 0.6) is 17.2 Å². The summed E-state index contributed by atoms with van der Waals surface area (Å²) in [5, 5.41) is 11.9. The van der Waals surface area contributed by atoms with Crippen LogP contribution in [-0.4, -0.2) is 37.3 Å². The van der Waals surface area contributed by atoms with Crippen LogP contribution < -0.4 is 19.5 Å². The molecule has 0 saturated heterocycles. The number of nitrogens with one attached hydrogen (secondary N) is 1. The Morgan fingerprint density at radius 1 is 1.04 bits per heavy atom. The summed E-state index contributed by atoms with van der Waals surface area (Å²) in [6.45, 7) is 3.69. The smallest absolute Gasteiger partial charge is 0.335 e. The van der Waals surface area contributed by atoms with Crippen molar-refractivity contribution >= 4 is 17.6 Å².